The fourth-order valence-electron chi connectivity index (χ4n) is 3.10. The molecular weight excluding hydrogens is 403 g/mol. The van der Waals surface area contributed by atoms with Crippen molar-refractivity contribution in [1.82, 2.24) is 4.90 Å². The van der Waals surface area contributed by atoms with Crippen LogP contribution in [0.15, 0.2) is 83.8 Å². The van der Waals surface area contributed by atoms with Crippen LogP contribution in [0.3, 0.4) is 0 Å². The smallest absolute Gasteiger partial charge is 0.264 e. The Hall–Kier alpha value is -3.19. The lowest BCUT2D eigenvalue weighted by atomic mass is 10.1. The van der Waals surface area contributed by atoms with Gasteiger partial charge in [-0.15, -0.1) is 0 Å². The number of hydrogen-bond acceptors (Lipinski definition) is 3. The van der Waals surface area contributed by atoms with Crippen molar-refractivity contribution >= 4 is 21.6 Å². The molecule has 0 atom stereocenters. The monoisotopic (exact) mass is 426 g/mol. The van der Waals surface area contributed by atoms with Crippen LogP contribution in [0, 0.1) is 5.82 Å². The van der Waals surface area contributed by atoms with E-state index < -0.39 is 15.8 Å². The summed E-state index contributed by atoms with van der Waals surface area (Å²) < 4.78 is 41.0. The summed E-state index contributed by atoms with van der Waals surface area (Å²) in [5.74, 6) is -0.914. The van der Waals surface area contributed by atoms with Crippen molar-refractivity contribution in [2.24, 2.45) is 0 Å². The standard InChI is InChI=1S/C23H23FN2O3S/c1-3-26(17-18-10-5-4-6-11-18)23(27)19-12-9-13-20(16-19)30(28,29)25(2)22-15-8-7-14-21(22)24/h4-16H,3,17H2,1-2H3. The first-order valence-electron chi connectivity index (χ1n) is 9.51. The highest BCUT2D eigenvalue weighted by atomic mass is 32.2. The van der Waals surface area contributed by atoms with E-state index in [4.69, 9.17) is 0 Å². The van der Waals surface area contributed by atoms with E-state index in [-0.39, 0.29) is 22.1 Å². The minimum atomic E-state index is -4.04. The highest BCUT2D eigenvalue weighted by Crippen LogP contribution is 2.25. The molecule has 156 valence electrons. The number of benzene rings is 3. The third-order valence-electron chi connectivity index (χ3n) is 4.82. The van der Waals surface area contributed by atoms with Gasteiger partial charge in [0.15, 0.2) is 0 Å². The average Bonchev–Trinajstić information content (AvgIpc) is 2.77. The lowest BCUT2D eigenvalue weighted by molar-refractivity contribution is 0.0752. The molecule has 0 fully saturated rings. The third-order valence-corrected chi connectivity index (χ3v) is 6.58. The maximum Gasteiger partial charge on any atom is 0.264 e. The van der Waals surface area contributed by atoms with Crippen LogP contribution in [0.1, 0.15) is 22.8 Å². The first-order valence-corrected chi connectivity index (χ1v) is 11.0. The van der Waals surface area contributed by atoms with Gasteiger partial charge in [-0.05, 0) is 42.8 Å². The van der Waals surface area contributed by atoms with E-state index in [1.54, 1.807) is 17.0 Å². The van der Waals surface area contributed by atoms with Crippen molar-refractivity contribution in [1.29, 1.82) is 0 Å². The number of amides is 1. The summed E-state index contributed by atoms with van der Waals surface area (Å²) in [7, 11) is -2.75. The van der Waals surface area contributed by atoms with Crippen LogP contribution in [-0.4, -0.2) is 32.8 Å². The number of para-hydroxylation sites is 1. The zero-order valence-corrected chi connectivity index (χ0v) is 17.6. The predicted octanol–water partition coefficient (Wildman–Crippen LogP) is 4.31. The molecule has 0 aliphatic carbocycles. The number of rotatable bonds is 7. The molecular formula is C23H23FN2O3S. The van der Waals surface area contributed by atoms with Crippen molar-refractivity contribution in [3.63, 3.8) is 0 Å². The van der Waals surface area contributed by atoms with E-state index in [0.29, 0.717) is 13.1 Å². The molecule has 0 aliphatic heterocycles. The minimum Gasteiger partial charge on any atom is -0.335 e. The Labute approximate surface area is 176 Å². The van der Waals surface area contributed by atoms with Gasteiger partial charge in [-0.25, -0.2) is 12.8 Å². The van der Waals surface area contributed by atoms with Gasteiger partial charge in [0.1, 0.15) is 5.82 Å². The minimum absolute atomic E-state index is 0.0616. The molecule has 0 bridgehead atoms. The molecule has 1 amide bonds. The number of halogens is 1. The first-order chi connectivity index (χ1) is 14.3. The van der Waals surface area contributed by atoms with Gasteiger partial charge in [-0.1, -0.05) is 48.5 Å². The molecule has 0 unspecified atom stereocenters. The van der Waals surface area contributed by atoms with E-state index in [0.717, 1.165) is 9.87 Å². The Bertz CT molecular complexity index is 1130. The van der Waals surface area contributed by atoms with Gasteiger partial charge < -0.3 is 4.90 Å². The van der Waals surface area contributed by atoms with Gasteiger partial charge in [0.25, 0.3) is 15.9 Å². The molecule has 3 aromatic carbocycles. The van der Waals surface area contributed by atoms with Gasteiger partial charge in [-0.3, -0.25) is 9.10 Å². The van der Waals surface area contributed by atoms with Crippen molar-refractivity contribution in [3.8, 4) is 0 Å². The highest BCUT2D eigenvalue weighted by molar-refractivity contribution is 7.92. The zero-order chi connectivity index (χ0) is 21.7. The van der Waals surface area contributed by atoms with Crippen molar-refractivity contribution in [3.05, 3.63) is 95.8 Å². The summed E-state index contributed by atoms with van der Waals surface area (Å²) in [4.78, 5) is 14.6. The SMILES string of the molecule is CCN(Cc1ccccc1)C(=O)c1cccc(S(=O)(=O)N(C)c2ccccc2F)c1. The molecule has 3 rings (SSSR count). The average molecular weight is 427 g/mol. The number of carbonyl (C=O) groups is 1. The fourth-order valence-corrected chi connectivity index (χ4v) is 4.35. The molecule has 30 heavy (non-hydrogen) atoms. The van der Waals surface area contributed by atoms with Gasteiger partial charge in [0.2, 0.25) is 0 Å². The summed E-state index contributed by atoms with van der Waals surface area (Å²) in [6.07, 6.45) is 0. The topological polar surface area (TPSA) is 57.7 Å². The summed E-state index contributed by atoms with van der Waals surface area (Å²) in [5, 5.41) is 0. The van der Waals surface area contributed by atoms with E-state index in [1.807, 2.05) is 37.3 Å². The second kappa shape index (κ2) is 9.09. The second-order valence-electron chi connectivity index (χ2n) is 6.76. The lowest BCUT2D eigenvalue weighted by Gasteiger charge is -2.22. The Balaban J connectivity index is 1.89. The van der Waals surface area contributed by atoms with E-state index >= 15 is 0 Å². The van der Waals surface area contributed by atoms with Gasteiger partial charge in [0.05, 0.1) is 10.6 Å². The summed E-state index contributed by atoms with van der Waals surface area (Å²) in [6.45, 7) is 2.76. The molecule has 0 heterocycles. The largest absolute Gasteiger partial charge is 0.335 e. The Morgan fingerprint density at radius 3 is 2.27 bits per heavy atom. The normalized spacial score (nSPS) is 11.2. The maximum absolute atomic E-state index is 14.1. The van der Waals surface area contributed by atoms with Crippen LogP contribution in [-0.2, 0) is 16.6 Å². The second-order valence-corrected chi connectivity index (χ2v) is 8.73. The van der Waals surface area contributed by atoms with Crippen LogP contribution in [0.5, 0.6) is 0 Å². The Kier molecular flexibility index (Phi) is 6.52. The van der Waals surface area contributed by atoms with Gasteiger partial charge in [-0.2, -0.15) is 0 Å². The summed E-state index contributed by atoms with van der Waals surface area (Å²) in [5.41, 5.74) is 1.18. The van der Waals surface area contributed by atoms with E-state index in [2.05, 4.69) is 0 Å². The van der Waals surface area contributed by atoms with Crippen molar-refractivity contribution in [2.75, 3.05) is 17.9 Å². The van der Waals surface area contributed by atoms with Crippen LogP contribution in [0.25, 0.3) is 0 Å². The van der Waals surface area contributed by atoms with Gasteiger partial charge >= 0.3 is 0 Å². The quantitative estimate of drug-likeness (QED) is 0.566. The zero-order valence-electron chi connectivity index (χ0n) is 16.8. The van der Waals surface area contributed by atoms with Crippen molar-refractivity contribution < 1.29 is 17.6 Å². The Morgan fingerprint density at radius 1 is 0.933 bits per heavy atom. The maximum atomic E-state index is 14.1. The van der Waals surface area contributed by atoms with E-state index in [9.17, 15) is 17.6 Å². The molecule has 0 radical (unpaired) electrons. The van der Waals surface area contributed by atoms with E-state index in [1.165, 1.54) is 43.4 Å². The first kappa shape index (κ1) is 21.5. The van der Waals surface area contributed by atoms with Crippen LogP contribution in [0.2, 0.25) is 0 Å². The van der Waals surface area contributed by atoms with Gasteiger partial charge in [0, 0.05) is 25.7 Å². The molecule has 3 aromatic rings. The molecule has 5 nitrogen and oxygen atoms in total. The van der Waals surface area contributed by atoms with Crippen molar-refractivity contribution in [2.45, 2.75) is 18.4 Å². The third kappa shape index (κ3) is 4.52. The molecule has 0 saturated carbocycles. The number of sulfonamides is 1. The number of hydrogen-bond donors (Lipinski definition) is 0. The lowest BCUT2D eigenvalue weighted by Crippen LogP contribution is -2.31. The molecule has 0 spiro atoms. The number of nitrogens with zero attached hydrogens (tertiary/aromatic N) is 2. The molecule has 0 saturated heterocycles. The molecule has 0 aromatic heterocycles. The Morgan fingerprint density at radius 2 is 1.60 bits per heavy atom. The summed E-state index contributed by atoms with van der Waals surface area (Å²) in [6, 6.07) is 21.0. The fraction of sp³-hybridized carbons (Fsp3) is 0.174. The number of carbonyl (C=O) groups excluding carboxylic acids is 1. The predicted molar refractivity (Wildman–Crippen MR) is 115 cm³/mol. The molecule has 0 N–H and O–H groups in total. The highest BCUT2D eigenvalue weighted by Gasteiger charge is 2.25. The van der Waals surface area contributed by atoms with Crippen LogP contribution in [0.4, 0.5) is 10.1 Å². The summed E-state index contributed by atoms with van der Waals surface area (Å²) >= 11 is 0. The van der Waals surface area contributed by atoms with Crippen LogP contribution >= 0.6 is 0 Å². The molecule has 7 heteroatoms. The number of anilines is 1. The van der Waals surface area contributed by atoms with Crippen LogP contribution < -0.4 is 4.31 Å². The molecule has 0 aliphatic rings.